The van der Waals surface area contributed by atoms with Gasteiger partial charge in [0.2, 0.25) is 0 Å². The maximum absolute atomic E-state index is 11.1. The number of carbonyl (C=O) groups is 1. The molecule has 1 unspecified atom stereocenters. The minimum absolute atomic E-state index is 0.0226. The number of halogens is 1. The smallest absolute Gasteiger partial charge is 0.305 e. The molecule has 1 aromatic rings. The second-order valence-electron chi connectivity index (χ2n) is 4.81. The molecule has 1 aromatic carbocycles. The molecule has 1 rings (SSSR count). The third-order valence-electron chi connectivity index (χ3n) is 2.86. The largest absolute Gasteiger partial charge is 0.493 e. The van der Waals surface area contributed by atoms with Gasteiger partial charge in [0, 0.05) is 29.1 Å². The topological polar surface area (TPSA) is 70.8 Å². The van der Waals surface area contributed by atoms with Crippen LogP contribution < -0.4 is 15.2 Å². The molecule has 0 saturated heterocycles. The summed E-state index contributed by atoms with van der Waals surface area (Å²) in [5.41, 5.74) is 6.74. The molecule has 0 spiro atoms. The Morgan fingerprint density at radius 2 is 2.10 bits per heavy atom. The summed E-state index contributed by atoms with van der Waals surface area (Å²) in [4.78, 5) is 11.1. The van der Waals surface area contributed by atoms with E-state index in [0.29, 0.717) is 42.4 Å². The van der Waals surface area contributed by atoms with E-state index in [9.17, 15) is 4.79 Å². The number of hydrogen-bond acceptors (Lipinski definition) is 5. The molecule has 0 amide bonds. The zero-order valence-corrected chi connectivity index (χ0v) is 13.4. The lowest BCUT2D eigenvalue weighted by molar-refractivity contribution is -0.140. The molecular formula is C15H22ClNO4. The van der Waals surface area contributed by atoms with E-state index in [1.807, 2.05) is 13.0 Å². The van der Waals surface area contributed by atoms with Crippen LogP contribution in [0.3, 0.4) is 0 Å². The maximum atomic E-state index is 11.1. The predicted octanol–water partition coefficient (Wildman–Crippen LogP) is 2.57. The fourth-order valence-electron chi connectivity index (χ4n) is 1.93. The van der Waals surface area contributed by atoms with Gasteiger partial charge in [-0.25, -0.2) is 0 Å². The number of benzene rings is 1. The standard InChI is InChI=1S/C15H22ClNO4/c1-10(17)7-11-8-12(16)9-13(19-2)15(11)21-6-4-5-14(18)20-3/h8-10H,4-7,17H2,1-3H3. The van der Waals surface area contributed by atoms with Crippen LogP contribution in [-0.4, -0.2) is 32.8 Å². The van der Waals surface area contributed by atoms with Gasteiger partial charge in [0.1, 0.15) is 0 Å². The quantitative estimate of drug-likeness (QED) is 0.589. The van der Waals surface area contributed by atoms with Crippen LogP contribution in [0.1, 0.15) is 25.3 Å². The van der Waals surface area contributed by atoms with Crippen LogP contribution in [0.15, 0.2) is 12.1 Å². The van der Waals surface area contributed by atoms with E-state index in [1.165, 1.54) is 7.11 Å². The SMILES string of the molecule is COC(=O)CCCOc1c(CC(C)N)cc(Cl)cc1OC. The van der Waals surface area contributed by atoms with E-state index in [0.717, 1.165) is 5.56 Å². The molecular weight excluding hydrogens is 294 g/mol. The molecule has 0 bridgehead atoms. The highest BCUT2D eigenvalue weighted by Crippen LogP contribution is 2.35. The lowest BCUT2D eigenvalue weighted by Crippen LogP contribution is -2.18. The van der Waals surface area contributed by atoms with Crippen molar-refractivity contribution in [2.45, 2.75) is 32.2 Å². The van der Waals surface area contributed by atoms with Crippen molar-refractivity contribution in [3.8, 4) is 11.5 Å². The zero-order chi connectivity index (χ0) is 15.8. The van der Waals surface area contributed by atoms with Crippen LogP contribution in [0.25, 0.3) is 0 Å². The molecule has 118 valence electrons. The number of ether oxygens (including phenoxy) is 3. The number of methoxy groups -OCH3 is 2. The summed E-state index contributed by atoms with van der Waals surface area (Å²) < 4.78 is 15.7. The summed E-state index contributed by atoms with van der Waals surface area (Å²) >= 11 is 6.07. The Morgan fingerprint density at radius 1 is 1.38 bits per heavy atom. The van der Waals surface area contributed by atoms with Crippen molar-refractivity contribution in [2.24, 2.45) is 5.73 Å². The lowest BCUT2D eigenvalue weighted by Gasteiger charge is -2.17. The van der Waals surface area contributed by atoms with Crippen molar-refractivity contribution in [1.29, 1.82) is 0 Å². The number of carbonyl (C=O) groups excluding carboxylic acids is 1. The summed E-state index contributed by atoms with van der Waals surface area (Å²) in [6.07, 6.45) is 1.51. The van der Waals surface area contributed by atoms with E-state index in [4.69, 9.17) is 26.8 Å². The van der Waals surface area contributed by atoms with Crippen molar-refractivity contribution in [1.82, 2.24) is 0 Å². The van der Waals surface area contributed by atoms with Crippen LogP contribution in [0.4, 0.5) is 0 Å². The summed E-state index contributed by atoms with van der Waals surface area (Å²) in [6, 6.07) is 3.50. The van der Waals surface area contributed by atoms with Gasteiger partial charge in [0.25, 0.3) is 0 Å². The van der Waals surface area contributed by atoms with Crippen molar-refractivity contribution < 1.29 is 19.0 Å². The average molecular weight is 316 g/mol. The fourth-order valence-corrected chi connectivity index (χ4v) is 2.16. The first kappa shape index (κ1) is 17.6. The maximum Gasteiger partial charge on any atom is 0.305 e. The average Bonchev–Trinajstić information content (AvgIpc) is 2.43. The van der Waals surface area contributed by atoms with Crippen LogP contribution in [0, 0.1) is 0 Å². The molecule has 6 heteroatoms. The second-order valence-corrected chi connectivity index (χ2v) is 5.24. The highest BCUT2D eigenvalue weighted by molar-refractivity contribution is 6.30. The predicted molar refractivity (Wildman–Crippen MR) is 82.1 cm³/mol. The van der Waals surface area contributed by atoms with Crippen molar-refractivity contribution in [3.05, 3.63) is 22.7 Å². The number of nitrogens with two attached hydrogens (primary N) is 1. The van der Waals surface area contributed by atoms with Gasteiger partial charge in [-0.15, -0.1) is 0 Å². The van der Waals surface area contributed by atoms with Crippen LogP contribution in [0.5, 0.6) is 11.5 Å². The van der Waals surface area contributed by atoms with Crippen LogP contribution in [0.2, 0.25) is 5.02 Å². The Labute approximate surface area is 130 Å². The molecule has 0 fully saturated rings. The minimum Gasteiger partial charge on any atom is -0.493 e. The van der Waals surface area contributed by atoms with Crippen molar-refractivity contribution >= 4 is 17.6 Å². The first-order valence-corrected chi connectivity index (χ1v) is 7.17. The normalized spacial score (nSPS) is 11.9. The molecule has 0 heterocycles. The third kappa shape index (κ3) is 5.81. The van der Waals surface area contributed by atoms with Crippen molar-refractivity contribution in [3.63, 3.8) is 0 Å². The summed E-state index contributed by atoms with van der Waals surface area (Å²) in [6.45, 7) is 2.30. The lowest BCUT2D eigenvalue weighted by atomic mass is 10.1. The van der Waals surface area contributed by atoms with Gasteiger partial charge in [0.05, 0.1) is 20.8 Å². The Morgan fingerprint density at radius 3 is 2.67 bits per heavy atom. The highest BCUT2D eigenvalue weighted by atomic mass is 35.5. The summed E-state index contributed by atoms with van der Waals surface area (Å²) in [7, 11) is 2.93. The third-order valence-corrected chi connectivity index (χ3v) is 3.08. The second kappa shape index (κ2) is 8.74. The van der Waals surface area contributed by atoms with E-state index in [2.05, 4.69) is 4.74 Å². The Kier molecular flexibility index (Phi) is 7.32. The Hall–Kier alpha value is -1.46. The molecule has 1 atom stereocenters. The molecule has 5 nitrogen and oxygen atoms in total. The molecule has 0 aromatic heterocycles. The fraction of sp³-hybridized carbons (Fsp3) is 0.533. The van der Waals surface area contributed by atoms with Crippen molar-refractivity contribution in [2.75, 3.05) is 20.8 Å². The van der Waals surface area contributed by atoms with Crippen LogP contribution >= 0.6 is 11.6 Å². The minimum atomic E-state index is -0.252. The first-order chi connectivity index (χ1) is 9.97. The molecule has 0 radical (unpaired) electrons. The molecule has 0 saturated carbocycles. The summed E-state index contributed by atoms with van der Waals surface area (Å²) in [5, 5.41) is 0.574. The highest BCUT2D eigenvalue weighted by Gasteiger charge is 2.14. The Bertz CT molecular complexity index is 477. The molecule has 2 N–H and O–H groups in total. The summed E-state index contributed by atoms with van der Waals surface area (Å²) in [5.74, 6) is 0.942. The molecule has 0 aliphatic rings. The molecule has 0 aliphatic carbocycles. The van der Waals surface area contributed by atoms with Gasteiger partial charge in [-0.1, -0.05) is 11.6 Å². The molecule has 0 aliphatic heterocycles. The number of esters is 1. The first-order valence-electron chi connectivity index (χ1n) is 6.79. The monoisotopic (exact) mass is 315 g/mol. The van der Waals surface area contributed by atoms with E-state index in [1.54, 1.807) is 13.2 Å². The Balaban J connectivity index is 2.79. The number of hydrogen-bond donors (Lipinski definition) is 1. The van der Waals surface area contributed by atoms with E-state index in [-0.39, 0.29) is 12.0 Å². The van der Waals surface area contributed by atoms with E-state index >= 15 is 0 Å². The molecule has 21 heavy (non-hydrogen) atoms. The van der Waals surface area contributed by atoms with Gasteiger partial charge in [-0.05, 0) is 25.8 Å². The zero-order valence-electron chi connectivity index (χ0n) is 12.6. The van der Waals surface area contributed by atoms with Gasteiger partial charge >= 0.3 is 5.97 Å². The van der Waals surface area contributed by atoms with Gasteiger partial charge in [-0.2, -0.15) is 0 Å². The van der Waals surface area contributed by atoms with E-state index < -0.39 is 0 Å². The van der Waals surface area contributed by atoms with Gasteiger partial charge < -0.3 is 19.9 Å². The number of rotatable bonds is 8. The van der Waals surface area contributed by atoms with Crippen LogP contribution in [-0.2, 0) is 16.0 Å². The van der Waals surface area contributed by atoms with Gasteiger partial charge in [0.15, 0.2) is 11.5 Å². The van der Waals surface area contributed by atoms with Gasteiger partial charge in [-0.3, -0.25) is 4.79 Å².